The van der Waals surface area contributed by atoms with Crippen molar-refractivity contribution in [1.82, 2.24) is 0 Å². The first-order valence-electron chi connectivity index (χ1n) is 11.8. The van der Waals surface area contributed by atoms with Gasteiger partial charge in [-0.25, -0.2) is 4.79 Å². The van der Waals surface area contributed by atoms with Crippen LogP contribution in [0, 0.1) is 13.8 Å². The molecule has 0 saturated heterocycles. The minimum Gasteiger partial charge on any atom is -0.481 e. The Kier molecular flexibility index (Phi) is 7.84. The van der Waals surface area contributed by atoms with Crippen LogP contribution in [-0.4, -0.2) is 29.2 Å². The van der Waals surface area contributed by atoms with E-state index in [1.807, 2.05) is 75.5 Å². The number of aliphatic carboxylic acids is 1. The first kappa shape index (κ1) is 25.9. The van der Waals surface area contributed by atoms with Gasteiger partial charge in [-0.1, -0.05) is 54.2 Å². The minimum absolute atomic E-state index is 0.0629. The Morgan fingerprint density at radius 1 is 0.811 bits per heavy atom. The van der Waals surface area contributed by atoms with Crippen LogP contribution in [0.3, 0.4) is 0 Å². The number of hydrogen-bond donors (Lipinski definition) is 3. The normalized spacial score (nSPS) is 11.5. The molecule has 0 fully saturated rings. The molecule has 0 bridgehead atoms. The summed E-state index contributed by atoms with van der Waals surface area (Å²) in [6.07, 6.45) is 0.0629. The van der Waals surface area contributed by atoms with E-state index in [1.165, 1.54) is 10.5 Å². The van der Waals surface area contributed by atoms with E-state index >= 15 is 0 Å². The van der Waals surface area contributed by atoms with E-state index in [0.717, 1.165) is 33.1 Å². The lowest BCUT2D eigenvalue weighted by atomic mass is 10.1. The second-order valence-corrected chi connectivity index (χ2v) is 9.81. The molecule has 0 amide bonds. The molecule has 0 unspecified atom stereocenters. The molecule has 0 radical (unpaired) electrons. The van der Waals surface area contributed by atoms with Gasteiger partial charge in [-0.15, -0.1) is 0 Å². The highest BCUT2D eigenvalue weighted by Crippen LogP contribution is 2.47. The lowest BCUT2D eigenvalue weighted by Crippen LogP contribution is -2.15. The highest BCUT2D eigenvalue weighted by Gasteiger charge is 2.20. The fraction of sp³-hybridized carbons (Fsp3) is 0.133. The number of carboxylic acid groups (broad SMARTS) is 2. The number of nitrogens with zero attached hydrogens (tertiary/aromatic N) is 1. The minimum atomic E-state index is -0.927. The summed E-state index contributed by atoms with van der Waals surface area (Å²) in [4.78, 5) is 26.4. The van der Waals surface area contributed by atoms with Gasteiger partial charge in [0.1, 0.15) is 0 Å². The average molecular weight is 513 g/mol. The number of hydrogen-bond acceptors (Lipinski definition) is 5. The van der Waals surface area contributed by atoms with Crippen LogP contribution in [0.4, 0.5) is 22.7 Å². The summed E-state index contributed by atoms with van der Waals surface area (Å²) < 4.78 is 0. The maximum Gasteiger partial charge on any atom is 0.337 e. The van der Waals surface area contributed by atoms with Crippen molar-refractivity contribution < 1.29 is 19.8 Å². The fourth-order valence-corrected chi connectivity index (χ4v) is 5.20. The molecule has 4 aromatic carbocycles. The van der Waals surface area contributed by atoms with Crippen molar-refractivity contribution in [3.63, 3.8) is 0 Å². The fourth-order valence-electron chi connectivity index (χ4n) is 4.07. The lowest BCUT2D eigenvalue weighted by Gasteiger charge is -2.29. The zero-order valence-electron chi connectivity index (χ0n) is 20.9. The number of para-hydroxylation sites is 2. The van der Waals surface area contributed by atoms with Gasteiger partial charge in [0, 0.05) is 22.5 Å². The van der Waals surface area contributed by atoms with Gasteiger partial charge >= 0.3 is 11.9 Å². The molecule has 0 saturated carbocycles. The van der Waals surface area contributed by atoms with Gasteiger partial charge in [-0.05, 0) is 73.0 Å². The zero-order valence-corrected chi connectivity index (χ0v) is 21.7. The molecular weight excluding hydrogens is 484 g/mol. The molecule has 188 valence electrons. The Bertz CT molecular complexity index is 1470. The molecule has 0 aromatic heterocycles. The van der Waals surface area contributed by atoms with Crippen LogP contribution in [0.1, 0.15) is 27.0 Å². The highest BCUT2D eigenvalue weighted by atomic mass is 32.2. The molecule has 4 aromatic rings. The van der Waals surface area contributed by atoms with Gasteiger partial charge in [-0.2, -0.15) is 0 Å². The summed E-state index contributed by atoms with van der Waals surface area (Å²) in [6, 6.07) is 26.9. The summed E-state index contributed by atoms with van der Waals surface area (Å²) in [7, 11) is 2.02. The van der Waals surface area contributed by atoms with Crippen LogP contribution in [0.15, 0.2) is 94.7 Å². The van der Waals surface area contributed by atoms with E-state index in [4.69, 9.17) is 10.2 Å². The molecule has 3 N–H and O–H groups in total. The average Bonchev–Trinajstić information content (AvgIpc) is 2.88. The van der Waals surface area contributed by atoms with Crippen molar-refractivity contribution in [2.24, 2.45) is 0 Å². The molecule has 5 rings (SSSR count). The maximum absolute atomic E-state index is 11.1. The summed E-state index contributed by atoms with van der Waals surface area (Å²) in [5.74, 6) is -1.73. The standard InChI is InChI=1S/C15H13NO2S.C15H15NO2/c1-16-11-4-2-3-5-13(11)19-14-7-6-10(8-12(14)16)9-15(17)18;1-10-6-5-9-13(11(10)2)16-14-8-4-3-7-12(14)15(17)18/h2-8H,9H2,1H3,(H,17,18);3-9,16H,1-2H3,(H,17,18). The van der Waals surface area contributed by atoms with Crippen molar-refractivity contribution >= 4 is 46.5 Å². The zero-order chi connectivity index (χ0) is 26.5. The van der Waals surface area contributed by atoms with Crippen molar-refractivity contribution in [2.45, 2.75) is 30.1 Å². The third-order valence-corrected chi connectivity index (χ3v) is 7.35. The number of carboxylic acids is 2. The van der Waals surface area contributed by atoms with Gasteiger partial charge in [0.2, 0.25) is 0 Å². The Morgan fingerprint density at radius 2 is 1.49 bits per heavy atom. The number of rotatable bonds is 5. The van der Waals surface area contributed by atoms with E-state index in [9.17, 15) is 9.59 Å². The van der Waals surface area contributed by atoms with Gasteiger partial charge in [0.05, 0.1) is 29.0 Å². The number of nitrogens with one attached hydrogen (secondary N) is 1. The van der Waals surface area contributed by atoms with Gasteiger partial charge in [0.25, 0.3) is 0 Å². The lowest BCUT2D eigenvalue weighted by molar-refractivity contribution is -0.136. The third kappa shape index (κ3) is 5.95. The smallest absolute Gasteiger partial charge is 0.337 e. The third-order valence-electron chi connectivity index (χ3n) is 6.22. The van der Waals surface area contributed by atoms with Crippen LogP contribution >= 0.6 is 11.8 Å². The summed E-state index contributed by atoms with van der Waals surface area (Å²) in [5.41, 5.74) is 7.18. The molecule has 0 spiro atoms. The van der Waals surface area contributed by atoms with Gasteiger partial charge in [-0.3, -0.25) is 4.79 Å². The molecule has 1 heterocycles. The predicted molar refractivity (Wildman–Crippen MR) is 149 cm³/mol. The van der Waals surface area contributed by atoms with Crippen molar-refractivity contribution in [1.29, 1.82) is 0 Å². The van der Waals surface area contributed by atoms with E-state index < -0.39 is 11.9 Å². The molecule has 6 nitrogen and oxygen atoms in total. The highest BCUT2D eigenvalue weighted by molar-refractivity contribution is 7.99. The molecule has 0 atom stereocenters. The Morgan fingerprint density at radius 3 is 2.24 bits per heavy atom. The maximum atomic E-state index is 11.1. The molecule has 0 aliphatic carbocycles. The van der Waals surface area contributed by atoms with E-state index in [2.05, 4.69) is 22.3 Å². The second-order valence-electron chi connectivity index (χ2n) is 8.72. The number of aryl methyl sites for hydroxylation is 1. The van der Waals surface area contributed by atoms with Crippen LogP contribution in [0.25, 0.3) is 0 Å². The number of fused-ring (bicyclic) bond motifs is 2. The summed E-state index contributed by atoms with van der Waals surface area (Å²) in [5, 5.41) is 21.2. The molecule has 1 aliphatic rings. The van der Waals surface area contributed by atoms with E-state index in [1.54, 1.807) is 30.0 Å². The molecule has 37 heavy (non-hydrogen) atoms. The van der Waals surface area contributed by atoms with Crippen molar-refractivity contribution in [2.75, 3.05) is 17.3 Å². The number of benzene rings is 4. The summed E-state index contributed by atoms with van der Waals surface area (Å²) in [6.45, 7) is 4.05. The van der Waals surface area contributed by atoms with Crippen molar-refractivity contribution in [3.05, 3.63) is 107 Å². The first-order valence-corrected chi connectivity index (χ1v) is 12.6. The van der Waals surface area contributed by atoms with Gasteiger partial charge in [0.15, 0.2) is 0 Å². The van der Waals surface area contributed by atoms with Gasteiger partial charge < -0.3 is 20.4 Å². The number of carbonyl (C=O) groups is 2. The largest absolute Gasteiger partial charge is 0.481 e. The molecule has 1 aliphatic heterocycles. The number of aromatic carboxylic acids is 1. The second kappa shape index (κ2) is 11.2. The number of anilines is 4. The molecular formula is C30H28N2O4S. The van der Waals surface area contributed by atoms with Crippen LogP contribution in [0.5, 0.6) is 0 Å². The molecule has 7 heteroatoms. The first-order chi connectivity index (χ1) is 17.7. The van der Waals surface area contributed by atoms with E-state index in [0.29, 0.717) is 5.69 Å². The van der Waals surface area contributed by atoms with E-state index in [-0.39, 0.29) is 12.0 Å². The Labute approximate surface area is 220 Å². The SMILES string of the molecule is CN1c2ccccc2Sc2ccc(CC(=O)O)cc21.Cc1cccc(Nc2ccccc2C(=O)O)c1C. The van der Waals surface area contributed by atoms with Crippen molar-refractivity contribution in [3.8, 4) is 0 Å². The topological polar surface area (TPSA) is 89.9 Å². The predicted octanol–water partition coefficient (Wildman–Crippen LogP) is 7.29. The summed E-state index contributed by atoms with van der Waals surface area (Å²) >= 11 is 1.72. The van der Waals surface area contributed by atoms with Crippen LogP contribution in [0.2, 0.25) is 0 Å². The monoisotopic (exact) mass is 512 g/mol. The van der Waals surface area contributed by atoms with Crippen LogP contribution in [-0.2, 0) is 11.2 Å². The quantitative estimate of drug-likeness (QED) is 0.259. The van der Waals surface area contributed by atoms with Crippen LogP contribution < -0.4 is 10.2 Å². The Balaban J connectivity index is 0.000000173. The Hall–Kier alpha value is -4.23.